The Morgan fingerprint density at radius 3 is 2.00 bits per heavy atom. The van der Waals surface area contributed by atoms with Crippen molar-refractivity contribution in [2.45, 2.75) is 0 Å². The van der Waals surface area contributed by atoms with Gasteiger partial charge in [0, 0.05) is 0 Å². The molecule has 0 amide bonds. The SMILES string of the molecule is [B]=CC=N. The Morgan fingerprint density at radius 2 is 2.00 bits per heavy atom. The Labute approximate surface area is 26.2 Å². The van der Waals surface area contributed by atoms with E-state index in [2.05, 4.69) is 7.49 Å². The molecular weight excluding hydrogens is 48.8 g/mol. The first-order valence-electron chi connectivity index (χ1n) is 0.955. The molecule has 0 saturated heterocycles. The molecule has 0 unspecified atom stereocenters. The third-order valence-electron chi connectivity index (χ3n) is 0.0962. The molecule has 0 rings (SSSR count). The average molecular weight is 51.9 g/mol. The Bertz CT molecular complexity index is 27.0. The van der Waals surface area contributed by atoms with E-state index in [1.165, 1.54) is 5.97 Å². The molecule has 0 aliphatic carbocycles. The summed E-state index contributed by atoms with van der Waals surface area (Å²) in [5, 5.41) is 6.15. The summed E-state index contributed by atoms with van der Waals surface area (Å²) < 4.78 is 0. The zero-order chi connectivity index (χ0) is 3.41. The fourth-order valence-corrected chi connectivity index (χ4v) is 0. The molecule has 4 heavy (non-hydrogen) atoms. The summed E-state index contributed by atoms with van der Waals surface area (Å²) in [5.41, 5.74) is 0. The van der Waals surface area contributed by atoms with Crippen molar-refractivity contribution < 1.29 is 0 Å². The van der Waals surface area contributed by atoms with Crippen molar-refractivity contribution in [3.05, 3.63) is 0 Å². The molecule has 2 heteroatoms. The first-order valence-corrected chi connectivity index (χ1v) is 0.955. The van der Waals surface area contributed by atoms with Gasteiger partial charge in [0.15, 0.2) is 0 Å². The van der Waals surface area contributed by atoms with Gasteiger partial charge in [-0.05, 0) is 0 Å². The third-order valence-corrected chi connectivity index (χ3v) is 0.0962. The van der Waals surface area contributed by atoms with Crippen molar-refractivity contribution in [3.63, 3.8) is 0 Å². The molecule has 19 valence electrons. The summed E-state index contributed by atoms with van der Waals surface area (Å²) in [5.74, 6) is 1.17. The number of rotatable bonds is 1. The van der Waals surface area contributed by atoms with Gasteiger partial charge in [-0.3, -0.25) is 0 Å². The van der Waals surface area contributed by atoms with Crippen LogP contribution >= 0.6 is 0 Å². The second-order valence-electron chi connectivity index (χ2n) is 0.359. The molecular formula is C2H3BN. The molecule has 0 bridgehead atoms. The van der Waals surface area contributed by atoms with Crippen molar-refractivity contribution in [2.24, 2.45) is 0 Å². The van der Waals surface area contributed by atoms with Gasteiger partial charge in [0.25, 0.3) is 0 Å². The van der Waals surface area contributed by atoms with Crippen LogP contribution in [0.3, 0.4) is 0 Å². The van der Waals surface area contributed by atoms with Crippen molar-refractivity contribution in [3.8, 4) is 0 Å². The summed E-state index contributed by atoms with van der Waals surface area (Å²) in [7, 11) is 4.66. The van der Waals surface area contributed by atoms with Crippen molar-refractivity contribution >= 4 is 19.7 Å². The summed E-state index contributed by atoms with van der Waals surface area (Å²) in [6.07, 6.45) is 1.03. The third kappa shape index (κ3) is 1.60. The van der Waals surface area contributed by atoms with Crippen LogP contribution in [0, 0.1) is 5.41 Å². The van der Waals surface area contributed by atoms with E-state index in [-0.39, 0.29) is 0 Å². The Morgan fingerprint density at radius 1 is 1.75 bits per heavy atom. The van der Waals surface area contributed by atoms with Crippen LogP contribution in [-0.2, 0) is 0 Å². The Hall–Kier alpha value is -0.395. The summed E-state index contributed by atoms with van der Waals surface area (Å²) in [4.78, 5) is 0. The van der Waals surface area contributed by atoms with E-state index in [9.17, 15) is 0 Å². The quantitative estimate of drug-likeness (QED) is 0.310. The van der Waals surface area contributed by atoms with Crippen LogP contribution < -0.4 is 0 Å². The maximum atomic E-state index is 6.15. The summed E-state index contributed by atoms with van der Waals surface area (Å²) in [6, 6.07) is 0. The predicted octanol–water partition coefficient (Wildman–Crippen LogP) is -0.393. The molecule has 0 aliphatic rings. The monoisotopic (exact) mass is 52.0 g/mol. The first kappa shape index (κ1) is 3.60. The molecule has 0 saturated carbocycles. The zero-order valence-electron chi connectivity index (χ0n) is 2.23. The van der Waals surface area contributed by atoms with Crippen molar-refractivity contribution in [2.75, 3.05) is 0 Å². The van der Waals surface area contributed by atoms with Gasteiger partial charge >= 0.3 is 25.1 Å². The Kier molecular flexibility index (Phi) is 2.35. The van der Waals surface area contributed by atoms with Crippen LogP contribution in [-0.4, -0.2) is 19.7 Å². The molecule has 0 aromatic carbocycles. The molecule has 0 fully saturated rings. The van der Waals surface area contributed by atoms with Crippen molar-refractivity contribution in [1.29, 1.82) is 5.41 Å². The minimum atomic E-state index is 1.03. The van der Waals surface area contributed by atoms with E-state index in [4.69, 9.17) is 5.41 Å². The minimum absolute atomic E-state index is 1.03. The molecule has 1 radical (unpaired) electrons. The van der Waals surface area contributed by atoms with Crippen LogP contribution in [0.25, 0.3) is 0 Å². The molecule has 0 aromatic rings. The molecule has 0 spiro atoms. The van der Waals surface area contributed by atoms with Gasteiger partial charge in [-0.15, -0.1) is 0 Å². The second-order valence-corrected chi connectivity index (χ2v) is 0.359. The predicted molar refractivity (Wildman–Crippen MR) is 20.6 cm³/mol. The number of hydrogen-bond donors (Lipinski definition) is 1. The first-order chi connectivity index (χ1) is 1.91. The van der Waals surface area contributed by atoms with E-state index in [0.717, 1.165) is 6.21 Å². The molecule has 0 aliphatic heterocycles. The standard InChI is InChI=1S/C2H3BN/c3-1-2-4/h1-2,4H. The Balaban J connectivity index is 2.73. The molecule has 0 aromatic heterocycles. The molecule has 0 atom stereocenters. The van der Waals surface area contributed by atoms with Gasteiger partial charge in [0.1, 0.15) is 0 Å². The maximum absolute atomic E-state index is 6.15. The van der Waals surface area contributed by atoms with Gasteiger partial charge in [-0.25, -0.2) is 0 Å². The van der Waals surface area contributed by atoms with Crippen LogP contribution in [0.4, 0.5) is 0 Å². The van der Waals surface area contributed by atoms with Gasteiger partial charge in [-0.2, -0.15) is 0 Å². The van der Waals surface area contributed by atoms with E-state index in [1.807, 2.05) is 0 Å². The van der Waals surface area contributed by atoms with E-state index < -0.39 is 0 Å². The van der Waals surface area contributed by atoms with Gasteiger partial charge < -0.3 is 0 Å². The van der Waals surface area contributed by atoms with Gasteiger partial charge in [-0.1, -0.05) is 0 Å². The fraction of sp³-hybridized carbons (Fsp3) is 0. The fourth-order valence-electron chi connectivity index (χ4n) is 0. The van der Waals surface area contributed by atoms with E-state index in [0.29, 0.717) is 0 Å². The van der Waals surface area contributed by atoms with E-state index >= 15 is 0 Å². The van der Waals surface area contributed by atoms with Crippen molar-refractivity contribution in [1.82, 2.24) is 0 Å². The molecule has 0 heterocycles. The van der Waals surface area contributed by atoms with Gasteiger partial charge in [0.2, 0.25) is 0 Å². The van der Waals surface area contributed by atoms with Gasteiger partial charge in [0.05, 0.1) is 0 Å². The number of nitrogens with one attached hydrogen (secondary N) is 1. The average Bonchev–Trinajstić information content (AvgIpc) is 1.37. The summed E-state index contributed by atoms with van der Waals surface area (Å²) in [6.45, 7) is 0. The van der Waals surface area contributed by atoms with Crippen LogP contribution in [0.5, 0.6) is 0 Å². The summed E-state index contributed by atoms with van der Waals surface area (Å²) >= 11 is 0. The molecule has 1 N–H and O–H groups in total. The second kappa shape index (κ2) is 2.60. The van der Waals surface area contributed by atoms with Crippen LogP contribution in [0.2, 0.25) is 0 Å². The normalized spacial score (nSPS) is 4.75. The number of hydrogen-bond acceptors (Lipinski definition) is 1. The van der Waals surface area contributed by atoms with E-state index in [1.54, 1.807) is 0 Å². The van der Waals surface area contributed by atoms with Crippen LogP contribution in [0.15, 0.2) is 0 Å². The zero-order valence-corrected chi connectivity index (χ0v) is 2.23. The topological polar surface area (TPSA) is 23.9 Å². The molecule has 1 nitrogen and oxygen atoms in total. The van der Waals surface area contributed by atoms with Crippen LogP contribution in [0.1, 0.15) is 0 Å².